The van der Waals surface area contributed by atoms with Gasteiger partial charge in [-0.1, -0.05) is 127 Å². The van der Waals surface area contributed by atoms with Crippen molar-refractivity contribution in [3.8, 4) is 11.3 Å². The van der Waals surface area contributed by atoms with Crippen LogP contribution in [0.3, 0.4) is 0 Å². The van der Waals surface area contributed by atoms with Gasteiger partial charge in [-0.15, -0.1) is 5.10 Å². The SMILES string of the molecule is CC(=O)C[C@@H]1[C@@H](OCc2ccccc2)[C@H](OCc2ccccc2)[C@@H](COCc2ccccc2)O[C@H]1n1cc(-c2ccccc2)nn1. The Morgan fingerprint density at radius 1 is 0.717 bits per heavy atom. The predicted molar refractivity (Wildman–Crippen MR) is 174 cm³/mol. The number of ketones is 1. The molecule has 0 saturated carbocycles. The van der Waals surface area contributed by atoms with Crippen LogP contribution < -0.4 is 0 Å². The van der Waals surface area contributed by atoms with Gasteiger partial charge in [0, 0.05) is 17.9 Å². The van der Waals surface area contributed by atoms with Gasteiger partial charge in [0.05, 0.1) is 38.7 Å². The standard InChI is InChI=1S/C38H39N3O5/c1-28(42)22-33-36(44-25-30-16-8-3-9-17-30)37(45-26-31-18-10-4-11-19-31)35(27-43-24-29-14-6-2-7-15-29)46-38(33)41-23-34(39-40-41)32-20-12-5-13-21-32/h2-21,23,33,35-38H,22,24-27H2,1H3/t33-,35-,36-,37-,38-/m1/s1. The second kappa shape index (κ2) is 15.7. The average molecular weight is 618 g/mol. The molecule has 46 heavy (non-hydrogen) atoms. The highest BCUT2D eigenvalue weighted by Gasteiger charge is 2.49. The maximum atomic E-state index is 12.8. The predicted octanol–water partition coefficient (Wildman–Crippen LogP) is 6.83. The molecule has 0 spiro atoms. The largest absolute Gasteiger partial charge is 0.374 e. The summed E-state index contributed by atoms with van der Waals surface area (Å²) in [6.07, 6.45) is -0.122. The van der Waals surface area contributed by atoms with Gasteiger partial charge in [0.1, 0.15) is 23.7 Å². The summed E-state index contributed by atoms with van der Waals surface area (Å²) in [7, 11) is 0. The summed E-state index contributed by atoms with van der Waals surface area (Å²) in [5.74, 6) is -0.381. The second-order valence-corrected chi connectivity index (χ2v) is 11.6. The van der Waals surface area contributed by atoms with Crippen LogP contribution in [0.5, 0.6) is 0 Å². The number of Topliss-reactive ketones (excluding diaryl/α,β-unsaturated/α-hetero) is 1. The van der Waals surface area contributed by atoms with E-state index < -0.39 is 30.5 Å². The molecule has 1 aliphatic rings. The topological polar surface area (TPSA) is 84.7 Å². The lowest BCUT2D eigenvalue weighted by Crippen LogP contribution is -2.56. The van der Waals surface area contributed by atoms with Crippen LogP contribution in [0.15, 0.2) is 128 Å². The summed E-state index contributed by atoms with van der Waals surface area (Å²) in [6.45, 7) is 2.97. The van der Waals surface area contributed by atoms with E-state index in [1.807, 2.05) is 128 Å². The Bertz CT molecular complexity index is 1630. The minimum absolute atomic E-state index is 0.0240. The summed E-state index contributed by atoms with van der Waals surface area (Å²) in [4.78, 5) is 12.8. The van der Waals surface area contributed by atoms with Crippen molar-refractivity contribution in [2.24, 2.45) is 5.92 Å². The van der Waals surface area contributed by atoms with E-state index in [9.17, 15) is 4.79 Å². The molecule has 1 saturated heterocycles. The van der Waals surface area contributed by atoms with Crippen LogP contribution in [0.1, 0.15) is 36.3 Å². The van der Waals surface area contributed by atoms with E-state index in [-0.39, 0.29) is 18.8 Å². The molecule has 1 aromatic heterocycles. The lowest BCUT2D eigenvalue weighted by molar-refractivity contribution is -0.265. The Morgan fingerprint density at radius 3 is 1.80 bits per heavy atom. The van der Waals surface area contributed by atoms with Gasteiger partial charge in [0.15, 0.2) is 6.23 Å². The fourth-order valence-electron chi connectivity index (χ4n) is 5.88. The summed E-state index contributed by atoms with van der Waals surface area (Å²) in [5.41, 5.74) is 4.77. The highest BCUT2D eigenvalue weighted by Crippen LogP contribution is 2.40. The van der Waals surface area contributed by atoms with E-state index in [1.165, 1.54) is 0 Å². The van der Waals surface area contributed by atoms with Gasteiger partial charge in [0.2, 0.25) is 0 Å². The lowest BCUT2D eigenvalue weighted by Gasteiger charge is -2.46. The number of carbonyl (C=O) groups excluding carboxylic acids is 1. The quantitative estimate of drug-likeness (QED) is 0.135. The lowest BCUT2D eigenvalue weighted by atomic mass is 9.85. The fraction of sp³-hybridized carbons (Fsp3) is 0.289. The summed E-state index contributed by atoms with van der Waals surface area (Å²) >= 11 is 0. The first-order chi connectivity index (χ1) is 22.6. The molecular weight excluding hydrogens is 578 g/mol. The minimum atomic E-state index is -0.642. The van der Waals surface area contributed by atoms with Crippen molar-refractivity contribution < 1.29 is 23.7 Å². The van der Waals surface area contributed by atoms with Gasteiger partial charge in [-0.3, -0.25) is 0 Å². The first kappa shape index (κ1) is 31.5. The van der Waals surface area contributed by atoms with Crippen LogP contribution in [-0.2, 0) is 43.6 Å². The molecule has 4 aromatic carbocycles. The number of carbonyl (C=O) groups is 1. The van der Waals surface area contributed by atoms with Gasteiger partial charge in [-0.05, 0) is 23.6 Å². The Balaban J connectivity index is 1.34. The van der Waals surface area contributed by atoms with Gasteiger partial charge >= 0.3 is 0 Å². The van der Waals surface area contributed by atoms with Crippen LogP contribution in [0.25, 0.3) is 11.3 Å². The highest BCUT2D eigenvalue weighted by molar-refractivity contribution is 5.75. The normalized spacial score (nSPS) is 21.2. The summed E-state index contributed by atoms with van der Waals surface area (Å²) < 4.78 is 28.2. The maximum absolute atomic E-state index is 12.8. The molecule has 6 rings (SSSR count). The summed E-state index contributed by atoms with van der Waals surface area (Å²) in [6, 6.07) is 39.9. The van der Waals surface area contributed by atoms with Crippen molar-refractivity contribution in [3.05, 3.63) is 144 Å². The van der Waals surface area contributed by atoms with E-state index in [4.69, 9.17) is 18.9 Å². The fourth-order valence-corrected chi connectivity index (χ4v) is 5.88. The van der Waals surface area contributed by atoms with Crippen molar-refractivity contribution in [2.45, 2.75) is 57.7 Å². The molecule has 0 radical (unpaired) electrons. The van der Waals surface area contributed by atoms with Crippen LogP contribution in [0, 0.1) is 5.92 Å². The Morgan fingerprint density at radius 2 is 1.24 bits per heavy atom. The number of hydrogen-bond acceptors (Lipinski definition) is 7. The Labute approximate surface area is 269 Å². The molecular formula is C38H39N3O5. The third-order valence-corrected chi connectivity index (χ3v) is 8.12. The average Bonchev–Trinajstić information content (AvgIpc) is 3.59. The molecule has 5 aromatic rings. The number of ether oxygens (including phenoxy) is 4. The van der Waals surface area contributed by atoms with Gasteiger partial charge < -0.3 is 23.7 Å². The molecule has 8 nitrogen and oxygen atoms in total. The first-order valence-electron chi connectivity index (χ1n) is 15.7. The smallest absolute Gasteiger partial charge is 0.158 e. The molecule has 236 valence electrons. The molecule has 0 bridgehead atoms. The van der Waals surface area contributed by atoms with Gasteiger partial charge in [-0.2, -0.15) is 0 Å². The maximum Gasteiger partial charge on any atom is 0.158 e. The van der Waals surface area contributed by atoms with Crippen molar-refractivity contribution in [1.29, 1.82) is 0 Å². The van der Waals surface area contributed by atoms with Crippen molar-refractivity contribution in [3.63, 3.8) is 0 Å². The number of rotatable bonds is 14. The monoisotopic (exact) mass is 617 g/mol. The number of hydrogen-bond donors (Lipinski definition) is 0. The van der Waals surface area contributed by atoms with Gasteiger partial charge in [0.25, 0.3) is 0 Å². The van der Waals surface area contributed by atoms with Crippen LogP contribution in [0.2, 0.25) is 0 Å². The minimum Gasteiger partial charge on any atom is -0.374 e. The zero-order chi connectivity index (χ0) is 31.6. The molecule has 5 atom stereocenters. The van der Waals surface area contributed by atoms with Crippen molar-refractivity contribution in [1.82, 2.24) is 15.0 Å². The second-order valence-electron chi connectivity index (χ2n) is 11.6. The molecule has 0 aliphatic carbocycles. The van der Waals surface area contributed by atoms with E-state index >= 15 is 0 Å². The molecule has 0 unspecified atom stereocenters. The number of nitrogens with zero attached hydrogens (tertiary/aromatic N) is 3. The zero-order valence-electron chi connectivity index (χ0n) is 25.9. The molecule has 2 heterocycles. The first-order valence-corrected chi connectivity index (χ1v) is 15.7. The van der Waals surface area contributed by atoms with E-state index in [0.29, 0.717) is 25.5 Å². The molecule has 1 aliphatic heterocycles. The highest BCUT2D eigenvalue weighted by atomic mass is 16.6. The number of aromatic nitrogens is 3. The molecule has 1 fully saturated rings. The van der Waals surface area contributed by atoms with E-state index in [0.717, 1.165) is 22.3 Å². The molecule has 8 heteroatoms. The third-order valence-electron chi connectivity index (χ3n) is 8.12. The third kappa shape index (κ3) is 8.21. The number of benzene rings is 4. The van der Waals surface area contributed by atoms with Crippen molar-refractivity contribution in [2.75, 3.05) is 6.61 Å². The van der Waals surface area contributed by atoms with Crippen molar-refractivity contribution >= 4 is 5.78 Å². The van der Waals surface area contributed by atoms with E-state index in [1.54, 1.807) is 11.6 Å². The summed E-state index contributed by atoms with van der Waals surface area (Å²) in [5, 5.41) is 8.96. The molecule has 0 amide bonds. The molecule has 0 N–H and O–H groups in total. The zero-order valence-corrected chi connectivity index (χ0v) is 25.9. The Hall–Kier alpha value is -4.47. The van der Waals surface area contributed by atoms with Crippen LogP contribution in [0.4, 0.5) is 0 Å². The van der Waals surface area contributed by atoms with Crippen LogP contribution >= 0.6 is 0 Å². The Kier molecular flexibility index (Phi) is 10.7. The van der Waals surface area contributed by atoms with Crippen LogP contribution in [-0.4, -0.2) is 45.7 Å². The van der Waals surface area contributed by atoms with Gasteiger partial charge in [-0.25, -0.2) is 4.68 Å². The van der Waals surface area contributed by atoms with E-state index in [2.05, 4.69) is 10.3 Å².